The number of benzene rings is 2. The van der Waals surface area contributed by atoms with E-state index in [1.54, 1.807) is 12.1 Å². The largest absolute Gasteiger partial charge is 0.435 e. The molecule has 0 heterocycles. The highest BCUT2D eigenvalue weighted by atomic mass is 32.1. The first-order chi connectivity index (χ1) is 11.4. The molecular weight excluding hydrogens is 332 g/mol. The van der Waals surface area contributed by atoms with Crippen LogP contribution in [0.25, 0.3) is 0 Å². The van der Waals surface area contributed by atoms with Crippen molar-refractivity contribution in [1.29, 1.82) is 0 Å². The van der Waals surface area contributed by atoms with Crippen molar-refractivity contribution in [2.45, 2.75) is 13.2 Å². The zero-order chi connectivity index (χ0) is 17.5. The number of ether oxygens (including phenoxy) is 1. The number of thiocarbonyl (C=S) groups is 1. The van der Waals surface area contributed by atoms with Crippen molar-refractivity contribution in [3.8, 4) is 5.75 Å². The molecule has 0 radical (unpaired) electrons. The maximum Gasteiger partial charge on any atom is 0.387 e. The first kappa shape index (κ1) is 17.9. The van der Waals surface area contributed by atoms with E-state index < -0.39 is 6.61 Å². The second-order valence-corrected chi connectivity index (χ2v) is 5.68. The van der Waals surface area contributed by atoms with Crippen molar-refractivity contribution in [1.82, 2.24) is 5.32 Å². The molecule has 0 aliphatic heterocycles. The number of hydrogen-bond donors (Lipinski definition) is 2. The predicted octanol–water partition coefficient (Wildman–Crippen LogP) is 3.84. The Balaban J connectivity index is 1.82. The molecule has 0 bridgehead atoms. The highest BCUT2D eigenvalue weighted by Crippen LogP contribution is 2.17. The molecule has 0 aliphatic carbocycles. The molecule has 2 aromatic carbocycles. The van der Waals surface area contributed by atoms with Gasteiger partial charge in [0.25, 0.3) is 0 Å². The lowest BCUT2D eigenvalue weighted by atomic mass is 10.2. The number of hydrogen-bond acceptors (Lipinski definition) is 3. The Kier molecular flexibility index (Phi) is 6.31. The monoisotopic (exact) mass is 351 g/mol. The van der Waals surface area contributed by atoms with E-state index in [1.165, 1.54) is 12.1 Å². The smallest absolute Gasteiger partial charge is 0.387 e. The van der Waals surface area contributed by atoms with Crippen molar-refractivity contribution < 1.29 is 13.5 Å². The summed E-state index contributed by atoms with van der Waals surface area (Å²) in [5.41, 5.74) is 2.92. The van der Waals surface area contributed by atoms with E-state index in [1.807, 2.05) is 43.3 Å². The van der Waals surface area contributed by atoms with Gasteiger partial charge in [-0.3, -0.25) is 0 Å². The minimum absolute atomic E-state index is 0.107. The van der Waals surface area contributed by atoms with Gasteiger partial charge in [-0.2, -0.15) is 8.78 Å². The SMILES string of the molecule is CN(C)c1ccc(CNC(=S)Nc2ccc(OC(F)F)cc2)cc1. The summed E-state index contributed by atoms with van der Waals surface area (Å²) in [4.78, 5) is 2.03. The molecule has 2 N–H and O–H groups in total. The van der Waals surface area contributed by atoms with Crippen LogP contribution in [0.1, 0.15) is 5.56 Å². The van der Waals surface area contributed by atoms with Gasteiger partial charge in [0, 0.05) is 32.0 Å². The molecule has 0 aromatic heterocycles. The molecule has 24 heavy (non-hydrogen) atoms. The molecule has 128 valence electrons. The van der Waals surface area contributed by atoms with Gasteiger partial charge in [0.2, 0.25) is 0 Å². The molecule has 7 heteroatoms. The van der Waals surface area contributed by atoms with Crippen LogP contribution in [0.3, 0.4) is 0 Å². The summed E-state index contributed by atoms with van der Waals surface area (Å²) in [6, 6.07) is 14.3. The van der Waals surface area contributed by atoms with E-state index in [9.17, 15) is 8.78 Å². The van der Waals surface area contributed by atoms with Gasteiger partial charge in [-0.15, -0.1) is 0 Å². The van der Waals surface area contributed by atoms with Crippen molar-refractivity contribution in [2.75, 3.05) is 24.3 Å². The van der Waals surface area contributed by atoms with Crippen molar-refractivity contribution in [2.24, 2.45) is 0 Å². The predicted molar refractivity (Wildman–Crippen MR) is 96.9 cm³/mol. The van der Waals surface area contributed by atoms with Gasteiger partial charge in [0.05, 0.1) is 0 Å². The first-order valence-corrected chi connectivity index (χ1v) is 7.71. The Labute approximate surface area is 145 Å². The lowest BCUT2D eigenvalue weighted by Gasteiger charge is -2.14. The molecule has 0 unspecified atom stereocenters. The molecule has 0 saturated heterocycles. The van der Waals surface area contributed by atoms with Crippen LogP contribution in [-0.2, 0) is 6.54 Å². The van der Waals surface area contributed by atoms with Crippen LogP contribution >= 0.6 is 12.2 Å². The van der Waals surface area contributed by atoms with Gasteiger partial charge >= 0.3 is 6.61 Å². The fraction of sp³-hybridized carbons (Fsp3) is 0.235. The minimum Gasteiger partial charge on any atom is -0.435 e. The zero-order valence-corrected chi connectivity index (χ0v) is 14.2. The minimum atomic E-state index is -2.83. The van der Waals surface area contributed by atoms with Crippen LogP contribution in [0, 0.1) is 0 Å². The maximum absolute atomic E-state index is 12.1. The Morgan fingerprint density at radius 1 is 1.08 bits per heavy atom. The van der Waals surface area contributed by atoms with Crippen LogP contribution in [0.2, 0.25) is 0 Å². The van der Waals surface area contributed by atoms with Gasteiger partial charge in [-0.1, -0.05) is 12.1 Å². The summed E-state index contributed by atoms with van der Waals surface area (Å²) in [6.45, 7) is -2.24. The molecule has 0 atom stereocenters. The Hall–Kier alpha value is -2.41. The number of rotatable bonds is 6. The third-order valence-electron chi connectivity index (χ3n) is 3.24. The summed E-state index contributed by atoms with van der Waals surface area (Å²) in [7, 11) is 3.98. The van der Waals surface area contributed by atoms with E-state index in [4.69, 9.17) is 12.2 Å². The van der Waals surface area contributed by atoms with E-state index in [0.717, 1.165) is 11.3 Å². The van der Waals surface area contributed by atoms with Crippen molar-refractivity contribution >= 4 is 28.7 Å². The Morgan fingerprint density at radius 3 is 2.25 bits per heavy atom. The number of anilines is 2. The summed E-state index contributed by atoms with van der Waals surface area (Å²) in [6.07, 6.45) is 0. The van der Waals surface area contributed by atoms with Crippen LogP contribution in [-0.4, -0.2) is 25.8 Å². The second-order valence-electron chi connectivity index (χ2n) is 5.27. The highest BCUT2D eigenvalue weighted by molar-refractivity contribution is 7.80. The van der Waals surface area contributed by atoms with Crippen molar-refractivity contribution in [3.63, 3.8) is 0 Å². The van der Waals surface area contributed by atoms with E-state index >= 15 is 0 Å². The van der Waals surface area contributed by atoms with Crippen molar-refractivity contribution in [3.05, 3.63) is 54.1 Å². The van der Waals surface area contributed by atoms with Gasteiger partial charge in [-0.25, -0.2) is 0 Å². The lowest BCUT2D eigenvalue weighted by Crippen LogP contribution is -2.27. The van der Waals surface area contributed by atoms with Gasteiger partial charge in [0.1, 0.15) is 5.75 Å². The lowest BCUT2D eigenvalue weighted by molar-refractivity contribution is -0.0498. The van der Waals surface area contributed by atoms with Crippen LogP contribution < -0.4 is 20.3 Å². The third kappa shape index (κ3) is 5.66. The first-order valence-electron chi connectivity index (χ1n) is 7.30. The van der Waals surface area contributed by atoms with Gasteiger partial charge in [0.15, 0.2) is 5.11 Å². The number of halogens is 2. The van der Waals surface area contributed by atoms with Crippen LogP contribution in [0.4, 0.5) is 20.2 Å². The molecule has 2 rings (SSSR count). The summed E-state index contributed by atoms with van der Waals surface area (Å²) in [5.74, 6) is 0.107. The molecule has 0 amide bonds. The fourth-order valence-corrected chi connectivity index (χ4v) is 2.18. The fourth-order valence-electron chi connectivity index (χ4n) is 1.99. The van der Waals surface area contributed by atoms with Gasteiger partial charge < -0.3 is 20.3 Å². The van der Waals surface area contributed by atoms with Crippen LogP contribution in [0.5, 0.6) is 5.75 Å². The third-order valence-corrected chi connectivity index (χ3v) is 3.49. The average Bonchev–Trinajstić information content (AvgIpc) is 2.54. The number of alkyl halides is 2. The number of nitrogens with zero attached hydrogens (tertiary/aromatic N) is 1. The maximum atomic E-state index is 12.1. The topological polar surface area (TPSA) is 36.5 Å². The highest BCUT2D eigenvalue weighted by Gasteiger charge is 2.04. The zero-order valence-electron chi connectivity index (χ0n) is 13.4. The van der Waals surface area contributed by atoms with E-state index in [-0.39, 0.29) is 5.75 Å². The van der Waals surface area contributed by atoms with E-state index in [0.29, 0.717) is 17.3 Å². The normalized spacial score (nSPS) is 10.4. The standard InChI is InChI=1S/C17H19F2N3OS/c1-22(2)14-7-3-12(4-8-14)11-20-17(24)21-13-5-9-15(10-6-13)23-16(18)19/h3-10,16H,11H2,1-2H3,(H2,20,21,24). The Bertz CT molecular complexity index is 661. The molecule has 0 saturated carbocycles. The molecule has 2 aromatic rings. The Morgan fingerprint density at radius 2 is 1.71 bits per heavy atom. The molecule has 4 nitrogen and oxygen atoms in total. The number of nitrogens with one attached hydrogen (secondary N) is 2. The molecular formula is C17H19F2N3OS. The van der Waals surface area contributed by atoms with Gasteiger partial charge in [-0.05, 0) is 54.2 Å². The summed E-state index contributed by atoms with van der Waals surface area (Å²) in [5, 5.41) is 6.54. The molecule has 0 fully saturated rings. The molecule has 0 aliphatic rings. The summed E-state index contributed by atoms with van der Waals surface area (Å²) >= 11 is 5.22. The average molecular weight is 351 g/mol. The molecule has 0 spiro atoms. The van der Waals surface area contributed by atoms with Crippen LogP contribution in [0.15, 0.2) is 48.5 Å². The quantitative estimate of drug-likeness (QED) is 0.774. The summed E-state index contributed by atoms with van der Waals surface area (Å²) < 4.78 is 28.5. The second kappa shape index (κ2) is 8.44. The van der Waals surface area contributed by atoms with E-state index in [2.05, 4.69) is 15.4 Å².